The van der Waals surface area contributed by atoms with Crippen LogP contribution in [0.4, 0.5) is 0 Å². The highest BCUT2D eigenvalue weighted by atomic mass is 16.5. The van der Waals surface area contributed by atoms with Crippen LogP contribution in [0, 0.1) is 5.41 Å². The Labute approximate surface area is 170 Å². The molecule has 152 valence electrons. The minimum absolute atomic E-state index is 0.0847. The highest BCUT2D eigenvalue weighted by molar-refractivity contribution is 6.14. The van der Waals surface area contributed by atoms with E-state index < -0.39 is 28.5 Å². The Morgan fingerprint density at radius 1 is 1.00 bits per heavy atom. The zero-order valence-corrected chi connectivity index (χ0v) is 17.0. The average Bonchev–Trinajstić information content (AvgIpc) is 2.70. The van der Waals surface area contributed by atoms with Crippen molar-refractivity contribution >= 4 is 17.3 Å². The lowest BCUT2D eigenvalue weighted by Gasteiger charge is -2.41. The fraction of sp³-hybridized carbons (Fsp3) is 0.375. The highest BCUT2D eigenvalue weighted by Gasteiger charge is 2.55. The Morgan fingerprint density at radius 3 is 2.07 bits per heavy atom. The van der Waals surface area contributed by atoms with Crippen LogP contribution in [-0.4, -0.2) is 35.2 Å². The monoisotopic (exact) mass is 394 g/mol. The molecule has 0 bridgehead atoms. The normalized spacial score (nSPS) is 18.9. The van der Waals surface area contributed by atoms with Gasteiger partial charge in [-0.3, -0.25) is 14.4 Å². The summed E-state index contributed by atoms with van der Waals surface area (Å²) in [5.74, 6) is -1.64. The van der Waals surface area contributed by atoms with Gasteiger partial charge >= 0.3 is 0 Å². The van der Waals surface area contributed by atoms with E-state index in [1.807, 2.05) is 19.9 Å². The first-order chi connectivity index (χ1) is 13.7. The summed E-state index contributed by atoms with van der Waals surface area (Å²) < 4.78 is 5.18. The molecule has 29 heavy (non-hydrogen) atoms. The number of ketones is 3. The Hall–Kier alpha value is -2.79. The van der Waals surface area contributed by atoms with Crippen molar-refractivity contribution in [2.45, 2.75) is 44.6 Å². The van der Waals surface area contributed by atoms with Gasteiger partial charge in [0, 0.05) is 30.7 Å². The molecule has 1 atom stereocenters. The Kier molecular flexibility index (Phi) is 5.71. The lowest BCUT2D eigenvalue weighted by molar-refractivity contribution is -0.161. The van der Waals surface area contributed by atoms with Crippen molar-refractivity contribution in [2.75, 3.05) is 7.11 Å². The van der Waals surface area contributed by atoms with Gasteiger partial charge in [-0.2, -0.15) is 0 Å². The number of methoxy groups -OCH3 is 1. The first-order valence-electron chi connectivity index (χ1n) is 9.68. The van der Waals surface area contributed by atoms with Crippen LogP contribution >= 0.6 is 0 Å². The first-order valence-corrected chi connectivity index (χ1v) is 9.68. The maximum Gasteiger partial charge on any atom is 0.188 e. The smallest absolute Gasteiger partial charge is 0.188 e. The van der Waals surface area contributed by atoms with Crippen molar-refractivity contribution in [3.05, 3.63) is 65.7 Å². The van der Waals surface area contributed by atoms with Gasteiger partial charge in [-0.15, -0.1) is 0 Å². The van der Waals surface area contributed by atoms with Crippen LogP contribution in [0.2, 0.25) is 0 Å². The second kappa shape index (κ2) is 7.91. The van der Waals surface area contributed by atoms with E-state index in [0.29, 0.717) is 16.9 Å². The number of aliphatic hydroxyl groups is 1. The zero-order chi connectivity index (χ0) is 21.2. The van der Waals surface area contributed by atoms with Crippen LogP contribution in [0.15, 0.2) is 54.6 Å². The van der Waals surface area contributed by atoms with Crippen molar-refractivity contribution < 1.29 is 24.2 Å². The summed E-state index contributed by atoms with van der Waals surface area (Å²) in [6.45, 7) is 3.67. The van der Waals surface area contributed by atoms with Crippen LogP contribution in [0.1, 0.15) is 54.9 Å². The Balaban J connectivity index is 2.03. The molecule has 5 heteroatoms. The Bertz CT molecular complexity index is 892. The quantitative estimate of drug-likeness (QED) is 0.596. The lowest BCUT2D eigenvalue weighted by Crippen LogP contribution is -2.57. The van der Waals surface area contributed by atoms with Crippen LogP contribution in [0.3, 0.4) is 0 Å². The third-order valence-corrected chi connectivity index (χ3v) is 5.64. The summed E-state index contributed by atoms with van der Waals surface area (Å²) in [6.07, 6.45) is 0.0214. The molecule has 0 amide bonds. The third-order valence-electron chi connectivity index (χ3n) is 5.64. The SMILES string of the molecule is COc1ccc(C(CC(=O)c2ccccc2)C2(O)C(=O)CC(C)(C)CC2=O)cc1. The summed E-state index contributed by atoms with van der Waals surface area (Å²) in [7, 11) is 1.54. The van der Waals surface area contributed by atoms with Crippen molar-refractivity contribution in [1.29, 1.82) is 0 Å². The molecule has 0 aromatic heterocycles. The molecule has 0 saturated heterocycles. The topological polar surface area (TPSA) is 80.7 Å². The molecule has 5 nitrogen and oxygen atoms in total. The van der Waals surface area contributed by atoms with Crippen LogP contribution in [0.5, 0.6) is 5.75 Å². The van der Waals surface area contributed by atoms with Crippen molar-refractivity contribution in [2.24, 2.45) is 5.41 Å². The van der Waals surface area contributed by atoms with Crippen molar-refractivity contribution in [3.8, 4) is 5.75 Å². The fourth-order valence-corrected chi connectivity index (χ4v) is 4.02. The summed E-state index contributed by atoms with van der Waals surface area (Å²) in [6, 6.07) is 15.5. The molecule has 0 spiro atoms. The van der Waals surface area contributed by atoms with E-state index in [9.17, 15) is 19.5 Å². The van der Waals surface area contributed by atoms with Gasteiger partial charge in [0.25, 0.3) is 0 Å². The van der Waals surface area contributed by atoms with Gasteiger partial charge in [-0.25, -0.2) is 0 Å². The van der Waals surface area contributed by atoms with Crippen LogP contribution < -0.4 is 4.74 Å². The minimum Gasteiger partial charge on any atom is -0.497 e. The molecular weight excluding hydrogens is 368 g/mol. The molecular formula is C24H26O5. The summed E-state index contributed by atoms with van der Waals surface area (Å²) >= 11 is 0. The minimum atomic E-state index is -2.21. The molecule has 1 unspecified atom stereocenters. The largest absolute Gasteiger partial charge is 0.497 e. The molecule has 1 N–H and O–H groups in total. The van der Waals surface area contributed by atoms with E-state index in [-0.39, 0.29) is 25.0 Å². The molecule has 0 aliphatic heterocycles. The van der Waals surface area contributed by atoms with E-state index in [4.69, 9.17) is 4.74 Å². The molecule has 2 aromatic carbocycles. The molecule has 0 radical (unpaired) electrons. The van der Waals surface area contributed by atoms with Gasteiger partial charge in [0.15, 0.2) is 23.0 Å². The Morgan fingerprint density at radius 2 is 1.55 bits per heavy atom. The van der Waals surface area contributed by atoms with Gasteiger partial charge in [0.1, 0.15) is 5.75 Å². The summed E-state index contributed by atoms with van der Waals surface area (Å²) in [5.41, 5.74) is -1.69. The maximum atomic E-state index is 13.0. The number of rotatable bonds is 6. The predicted molar refractivity (Wildman–Crippen MR) is 109 cm³/mol. The van der Waals surface area contributed by atoms with Gasteiger partial charge in [0.05, 0.1) is 7.11 Å². The van der Waals surface area contributed by atoms with Gasteiger partial charge in [-0.1, -0.05) is 56.3 Å². The maximum absolute atomic E-state index is 13.0. The molecule has 2 aromatic rings. The number of carbonyl (C=O) groups excluding carboxylic acids is 3. The van der Waals surface area contributed by atoms with Gasteiger partial charge < -0.3 is 9.84 Å². The lowest BCUT2D eigenvalue weighted by atomic mass is 9.63. The number of benzene rings is 2. The van der Waals surface area contributed by atoms with Crippen LogP contribution in [-0.2, 0) is 9.59 Å². The number of hydrogen-bond donors (Lipinski definition) is 1. The van der Waals surface area contributed by atoms with E-state index >= 15 is 0 Å². The van der Waals surface area contributed by atoms with E-state index in [1.165, 1.54) is 7.11 Å². The van der Waals surface area contributed by atoms with Crippen LogP contribution in [0.25, 0.3) is 0 Å². The standard InChI is InChI=1S/C24H26O5/c1-23(2)14-21(26)24(28,22(27)15-23)19(16-9-11-18(29-3)12-10-16)13-20(25)17-7-5-4-6-8-17/h4-12,19,28H,13-15H2,1-3H3. The second-order valence-electron chi connectivity index (χ2n) is 8.45. The van der Waals surface area contributed by atoms with Crippen molar-refractivity contribution in [1.82, 2.24) is 0 Å². The van der Waals surface area contributed by atoms with E-state index in [0.717, 1.165) is 0 Å². The molecule has 1 fully saturated rings. The molecule has 0 heterocycles. The third kappa shape index (κ3) is 4.15. The summed E-state index contributed by atoms with van der Waals surface area (Å²) in [4.78, 5) is 38.9. The highest BCUT2D eigenvalue weighted by Crippen LogP contribution is 2.44. The first kappa shape index (κ1) is 20.9. The number of carbonyl (C=O) groups is 3. The van der Waals surface area contributed by atoms with Crippen molar-refractivity contribution in [3.63, 3.8) is 0 Å². The van der Waals surface area contributed by atoms with E-state index in [1.54, 1.807) is 48.5 Å². The molecule has 3 rings (SSSR count). The van der Waals surface area contributed by atoms with E-state index in [2.05, 4.69) is 0 Å². The average molecular weight is 394 g/mol. The van der Waals surface area contributed by atoms with Gasteiger partial charge in [-0.05, 0) is 23.1 Å². The molecule has 1 aliphatic carbocycles. The predicted octanol–water partition coefficient (Wildman–Crippen LogP) is 3.74. The molecule has 1 aliphatic rings. The number of ether oxygens (including phenoxy) is 1. The fourth-order valence-electron chi connectivity index (χ4n) is 4.02. The summed E-state index contributed by atoms with van der Waals surface area (Å²) in [5, 5.41) is 11.4. The number of hydrogen-bond acceptors (Lipinski definition) is 5. The molecule has 1 saturated carbocycles. The second-order valence-corrected chi connectivity index (χ2v) is 8.45. The number of Topliss-reactive ketones (excluding diaryl/α,β-unsaturated/α-hetero) is 3. The van der Waals surface area contributed by atoms with Gasteiger partial charge in [0.2, 0.25) is 0 Å². The zero-order valence-electron chi connectivity index (χ0n) is 17.0.